The minimum Gasteiger partial charge on any atom is -0.399 e. The highest BCUT2D eigenvalue weighted by Crippen LogP contribution is 2.43. The number of hydrogen-bond acceptors (Lipinski definition) is 14. The number of rotatable bonds is 11. The summed E-state index contributed by atoms with van der Waals surface area (Å²) in [6.45, 7) is 7.40. The topological polar surface area (TPSA) is 338 Å². The highest BCUT2D eigenvalue weighted by atomic mass is 32.2. The summed E-state index contributed by atoms with van der Waals surface area (Å²) in [4.78, 5) is -5.84. The molecule has 0 heterocycles. The van der Waals surface area contributed by atoms with Crippen LogP contribution in [0.25, 0.3) is 11.1 Å². The lowest BCUT2D eigenvalue weighted by atomic mass is 9.89. The van der Waals surface area contributed by atoms with E-state index >= 15 is 0 Å². The summed E-state index contributed by atoms with van der Waals surface area (Å²) in [5.74, 6) is -2.27. The predicted molar refractivity (Wildman–Crippen MR) is 225 cm³/mol. The van der Waals surface area contributed by atoms with Gasteiger partial charge in [-0.05, 0) is 95.1 Å². The van der Waals surface area contributed by atoms with Crippen LogP contribution in [0.4, 0.5) is 11.4 Å². The number of nitrogens with two attached hydrogens (primary N) is 2. The van der Waals surface area contributed by atoms with Crippen LogP contribution in [0.5, 0.6) is 0 Å². The standard InChI is InChI=1S/C38H32N2O16S6/c1-21-15-27(59(45,46)47)7-11-29(21)31-13-5-25(19-37(31)61(51,52)53)57(41,42)35-17-23(39)3-9-33(35)34-10-4-24(40)18-36(34)58(43,44)26-6-14-32(38(20-26)62(54,55)56)30-12-8-28(16-22(30)2)60(48,49)50/h3-20,29-30H,1-2,39-40H2,(H,45,46,47)(H,48,49,50)(H,51,52,53)(H,54,55,56). The normalized spacial score (nSPS) is 17.7. The van der Waals surface area contributed by atoms with E-state index in [1.165, 1.54) is 12.1 Å². The van der Waals surface area contributed by atoms with Gasteiger partial charge in [0.1, 0.15) is 0 Å². The molecule has 4 aromatic carbocycles. The van der Waals surface area contributed by atoms with Crippen LogP contribution >= 0.6 is 0 Å². The average Bonchev–Trinajstić information content (AvgIpc) is 3.16. The van der Waals surface area contributed by atoms with Crippen molar-refractivity contribution in [1.82, 2.24) is 0 Å². The van der Waals surface area contributed by atoms with Gasteiger partial charge in [0.2, 0.25) is 19.7 Å². The van der Waals surface area contributed by atoms with Gasteiger partial charge in [-0.15, -0.1) is 0 Å². The molecule has 0 radical (unpaired) electrons. The third-order valence-electron chi connectivity index (χ3n) is 9.65. The molecular weight excluding hydrogens is 933 g/mol. The van der Waals surface area contributed by atoms with Gasteiger partial charge in [0.05, 0.1) is 39.2 Å². The van der Waals surface area contributed by atoms with Gasteiger partial charge >= 0.3 is 0 Å². The SMILES string of the molecule is C=C1C=C(S(=O)(=O)O)C=CC1c1ccc(S(=O)(=O)c2cc(N)ccc2-c2ccc(N)cc2S(=O)(=O)c2ccc(C3C=CC(S(=O)(=O)O)=CC3=C)c(S(=O)(=O)O)c2)cc1S(=O)(=O)O. The smallest absolute Gasteiger partial charge is 0.294 e. The van der Waals surface area contributed by atoms with E-state index in [1.807, 2.05) is 0 Å². The van der Waals surface area contributed by atoms with E-state index < -0.39 is 111 Å². The highest BCUT2D eigenvalue weighted by Gasteiger charge is 2.33. The molecule has 0 amide bonds. The second-order valence-electron chi connectivity index (χ2n) is 13.7. The summed E-state index contributed by atoms with van der Waals surface area (Å²) in [5, 5.41) is 0. The first-order chi connectivity index (χ1) is 28.4. The Kier molecular flexibility index (Phi) is 11.6. The van der Waals surface area contributed by atoms with Gasteiger partial charge in [-0.25, -0.2) is 16.8 Å². The van der Waals surface area contributed by atoms with E-state index in [0.29, 0.717) is 12.1 Å². The Bertz CT molecular complexity index is 3260. The molecule has 0 spiro atoms. The van der Waals surface area contributed by atoms with Gasteiger partial charge in [0.15, 0.2) is 0 Å². The molecule has 18 nitrogen and oxygen atoms in total. The molecule has 6 rings (SSSR count). The maximum Gasteiger partial charge on any atom is 0.294 e. The highest BCUT2D eigenvalue weighted by molar-refractivity contribution is 7.92. The molecule has 4 aromatic rings. The van der Waals surface area contributed by atoms with Crippen LogP contribution in [-0.2, 0) is 60.1 Å². The molecule has 0 aromatic heterocycles. The molecule has 326 valence electrons. The summed E-state index contributed by atoms with van der Waals surface area (Å²) in [6.07, 6.45) is 6.10. The molecule has 2 unspecified atom stereocenters. The number of hydrogen-bond donors (Lipinski definition) is 6. The fraction of sp³-hybridized carbons (Fsp3) is 0.0526. The molecule has 24 heteroatoms. The van der Waals surface area contributed by atoms with E-state index in [4.69, 9.17) is 11.5 Å². The minimum atomic E-state index is -5.23. The number of anilines is 2. The van der Waals surface area contributed by atoms with Gasteiger partial charge < -0.3 is 11.5 Å². The summed E-state index contributed by atoms with van der Waals surface area (Å²) < 4.78 is 195. The zero-order valence-electron chi connectivity index (χ0n) is 31.3. The second-order valence-corrected chi connectivity index (χ2v) is 23.2. The number of nitrogen functional groups attached to an aromatic ring is 2. The van der Waals surface area contributed by atoms with E-state index in [1.54, 1.807) is 0 Å². The van der Waals surface area contributed by atoms with Gasteiger partial charge in [0.25, 0.3) is 40.5 Å². The van der Waals surface area contributed by atoms with Crippen LogP contribution in [0, 0.1) is 0 Å². The van der Waals surface area contributed by atoms with Crippen LogP contribution in [0.2, 0.25) is 0 Å². The monoisotopic (exact) mass is 964 g/mol. The van der Waals surface area contributed by atoms with Crippen molar-refractivity contribution in [3.63, 3.8) is 0 Å². The molecule has 0 aliphatic heterocycles. The Morgan fingerprint density at radius 3 is 1.06 bits per heavy atom. The molecule has 2 aliphatic rings. The fourth-order valence-corrected chi connectivity index (χ4v) is 12.6. The zero-order valence-corrected chi connectivity index (χ0v) is 36.2. The molecule has 2 atom stereocenters. The van der Waals surface area contributed by atoms with Crippen molar-refractivity contribution >= 4 is 71.5 Å². The Morgan fingerprint density at radius 2 is 0.774 bits per heavy atom. The largest absolute Gasteiger partial charge is 0.399 e. The molecule has 0 fully saturated rings. The molecule has 0 saturated heterocycles. The van der Waals surface area contributed by atoms with Gasteiger partial charge in [-0.1, -0.05) is 49.6 Å². The van der Waals surface area contributed by atoms with Crippen molar-refractivity contribution in [2.45, 2.75) is 41.2 Å². The van der Waals surface area contributed by atoms with Crippen LogP contribution in [-0.4, -0.2) is 68.7 Å². The average molecular weight is 965 g/mol. The molecule has 2 aliphatic carbocycles. The molecule has 0 bridgehead atoms. The predicted octanol–water partition coefficient (Wildman–Crippen LogP) is 4.64. The van der Waals surface area contributed by atoms with Crippen molar-refractivity contribution in [3.8, 4) is 11.1 Å². The second kappa shape index (κ2) is 15.7. The number of benzene rings is 4. The lowest BCUT2D eigenvalue weighted by Gasteiger charge is -2.22. The van der Waals surface area contributed by atoms with Crippen molar-refractivity contribution in [1.29, 1.82) is 0 Å². The first-order valence-corrected chi connectivity index (χ1v) is 25.8. The van der Waals surface area contributed by atoms with E-state index in [-0.39, 0.29) is 44.8 Å². The maximum atomic E-state index is 14.5. The van der Waals surface area contributed by atoms with E-state index in [2.05, 4.69) is 13.2 Å². The lowest BCUT2D eigenvalue weighted by molar-refractivity contribution is 0.479. The van der Waals surface area contributed by atoms with Crippen molar-refractivity contribution in [3.05, 3.63) is 154 Å². The third kappa shape index (κ3) is 8.87. The Morgan fingerprint density at radius 1 is 0.435 bits per heavy atom. The number of sulfone groups is 2. The van der Waals surface area contributed by atoms with Crippen LogP contribution in [0.1, 0.15) is 23.0 Å². The first-order valence-electron chi connectivity index (χ1n) is 17.1. The van der Waals surface area contributed by atoms with Crippen molar-refractivity contribution in [2.24, 2.45) is 0 Å². The lowest BCUT2D eigenvalue weighted by Crippen LogP contribution is -2.14. The van der Waals surface area contributed by atoms with Crippen LogP contribution in [0.3, 0.4) is 0 Å². The van der Waals surface area contributed by atoms with Crippen molar-refractivity contribution < 1.29 is 68.7 Å². The molecular formula is C38H32N2O16S6. The zero-order chi connectivity index (χ0) is 46.1. The third-order valence-corrected chi connectivity index (χ3v) is 16.8. The number of allylic oxidation sites excluding steroid dienone is 8. The molecule has 62 heavy (non-hydrogen) atoms. The van der Waals surface area contributed by atoms with E-state index in [9.17, 15) is 68.7 Å². The van der Waals surface area contributed by atoms with Crippen LogP contribution < -0.4 is 11.5 Å². The molecule has 8 N–H and O–H groups in total. The quantitative estimate of drug-likeness (QED) is 0.0880. The Hall–Kier alpha value is -5.54. The van der Waals surface area contributed by atoms with Crippen LogP contribution in [0.15, 0.2) is 173 Å². The summed E-state index contributed by atoms with van der Waals surface area (Å²) in [6, 6.07) is 11.8. The Labute approximate surface area is 356 Å². The van der Waals surface area contributed by atoms with E-state index in [0.717, 1.165) is 85.0 Å². The summed E-state index contributed by atoms with van der Waals surface area (Å²) in [5.41, 5.74) is 10.4. The van der Waals surface area contributed by atoms with Crippen molar-refractivity contribution in [2.75, 3.05) is 11.5 Å². The first kappa shape index (κ1) is 46.0. The van der Waals surface area contributed by atoms with Gasteiger partial charge in [-0.3, -0.25) is 18.2 Å². The summed E-state index contributed by atoms with van der Waals surface area (Å²) >= 11 is 0. The maximum absolute atomic E-state index is 14.5. The Balaban J connectivity index is 1.49. The fourth-order valence-electron chi connectivity index (χ4n) is 6.74. The summed E-state index contributed by atoms with van der Waals surface area (Å²) in [7, 11) is -29.7. The minimum absolute atomic E-state index is 0.0584. The van der Waals surface area contributed by atoms with Gasteiger partial charge in [0, 0.05) is 34.3 Å². The molecule has 0 saturated carbocycles. The van der Waals surface area contributed by atoms with Gasteiger partial charge in [-0.2, -0.15) is 33.7 Å².